The van der Waals surface area contributed by atoms with E-state index in [9.17, 15) is 9.59 Å². The van der Waals surface area contributed by atoms with Crippen LogP contribution in [0.4, 0.5) is 5.69 Å². The molecule has 0 aromatic heterocycles. The lowest BCUT2D eigenvalue weighted by Gasteiger charge is -2.09. The maximum Gasteiger partial charge on any atom is 0.271 e. The Morgan fingerprint density at radius 1 is 0.968 bits per heavy atom. The highest BCUT2D eigenvalue weighted by Gasteiger charge is 2.06. The second-order valence-electron chi connectivity index (χ2n) is 6.65. The number of methoxy groups -OCH3 is 1. The van der Waals surface area contributed by atoms with Crippen LogP contribution in [-0.4, -0.2) is 31.7 Å². The highest BCUT2D eigenvalue weighted by atomic mass is 16.5. The zero-order valence-electron chi connectivity index (χ0n) is 17.3. The van der Waals surface area contributed by atoms with Gasteiger partial charge in [0.2, 0.25) is 0 Å². The van der Waals surface area contributed by atoms with E-state index in [4.69, 9.17) is 9.47 Å². The Balaban J connectivity index is 1.47. The van der Waals surface area contributed by atoms with E-state index in [2.05, 4.69) is 15.8 Å². The molecule has 0 aliphatic rings. The van der Waals surface area contributed by atoms with Crippen LogP contribution < -0.4 is 20.2 Å². The first-order valence-corrected chi connectivity index (χ1v) is 9.61. The predicted molar refractivity (Wildman–Crippen MR) is 120 cm³/mol. The number of carbonyl (C=O) groups is 2. The van der Waals surface area contributed by atoms with E-state index < -0.39 is 0 Å². The molecule has 2 amide bonds. The number of aryl methyl sites for hydroxylation is 1. The van der Waals surface area contributed by atoms with E-state index in [1.54, 1.807) is 55.6 Å². The molecular weight excluding hydrogens is 394 g/mol. The number of nitrogens with zero attached hydrogens (tertiary/aromatic N) is 1. The quantitative estimate of drug-likeness (QED) is 0.431. The Kier molecular flexibility index (Phi) is 7.37. The fourth-order valence-electron chi connectivity index (χ4n) is 2.69. The van der Waals surface area contributed by atoms with Crippen molar-refractivity contribution in [2.24, 2.45) is 5.10 Å². The summed E-state index contributed by atoms with van der Waals surface area (Å²) in [6.45, 7) is 1.83. The molecule has 0 unspecified atom stereocenters. The van der Waals surface area contributed by atoms with Crippen molar-refractivity contribution in [3.05, 3.63) is 89.5 Å². The standard InChI is InChI=1S/C24H23N3O4/c1-17-6-3-4-9-22(17)26-23(28)16-31-20-12-10-18(11-13-20)15-25-27-24(29)19-7-5-8-21(14-19)30-2/h3-15H,16H2,1-2H3,(H,26,28)(H,27,29)/b25-15-. The summed E-state index contributed by atoms with van der Waals surface area (Å²) in [4.78, 5) is 24.2. The van der Waals surface area contributed by atoms with Crippen molar-refractivity contribution in [2.75, 3.05) is 19.0 Å². The Morgan fingerprint density at radius 3 is 2.48 bits per heavy atom. The van der Waals surface area contributed by atoms with Gasteiger partial charge >= 0.3 is 0 Å². The normalized spacial score (nSPS) is 10.5. The predicted octanol–water partition coefficient (Wildman–Crippen LogP) is 3.79. The van der Waals surface area contributed by atoms with Gasteiger partial charge in [0.1, 0.15) is 11.5 Å². The largest absolute Gasteiger partial charge is 0.497 e. The van der Waals surface area contributed by atoms with Crippen LogP contribution in [0, 0.1) is 6.92 Å². The summed E-state index contributed by atoms with van der Waals surface area (Å²) in [6.07, 6.45) is 1.52. The van der Waals surface area contributed by atoms with Gasteiger partial charge in [-0.05, 0) is 66.6 Å². The van der Waals surface area contributed by atoms with Crippen molar-refractivity contribution in [1.82, 2.24) is 5.43 Å². The van der Waals surface area contributed by atoms with Crippen molar-refractivity contribution in [2.45, 2.75) is 6.92 Å². The molecule has 31 heavy (non-hydrogen) atoms. The van der Waals surface area contributed by atoms with Gasteiger partial charge in [-0.3, -0.25) is 9.59 Å². The number of para-hydroxylation sites is 1. The van der Waals surface area contributed by atoms with Gasteiger partial charge in [0.15, 0.2) is 6.61 Å². The Bertz CT molecular complexity index is 1080. The molecular formula is C24H23N3O4. The van der Waals surface area contributed by atoms with E-state index in [0.29, 0.717) is 17.1 Å². The second-order valence-corrected chi connectivity index (χ2v) is 6.65. The van der Waals surface area contributed by atoms with Crippen LogP contribution >= 0.6 is 0 Å². The lowest BCUT2D eigenvalue weighted by molar-refractivity contribution is -0.118. The number of rotatable bonds is 8. The average Bonchev–Trinajstić information content (AvgIpc) is 2.80. The number of ether oxygens (including phenoxy) is 2. The number of hydrogen-bond donors (Lipinski definition) is 2. The third-order valence-corrected chi connectivity index (χ3v) is 4.38. The molecule has 0 atom stereocenters. The van der Waals surface area contributed by atoms with Crippen LogP contribution in [-0.2, 0) is 4.79 Å². The topological polar surface area (TPSA) is 89.0 Å². The maximum atomic E-state index is 12.1. The number of hydrogen-bond acceptors (Lipinski definition) is 5. The first-order valence-electron chi connectivity index (χ1n) is 9.61. The van der Waals surface area contributed by atoms with E-state index in [1.807, 2.05) is 31.2 Å². The Labute approximate surface area is 180 Å². The first kappa shape index (κ1) is 21.6. The van der Waals surface area contributed by atoms with Gasteiger partial charge in [-0.25, -0.2) is 5.43 Å². The monoisotopic (exact) mass is 417 g/mol. The lowest BCUT2D eigenvalue weighted by atomic mass is 10.2. The number of amides is 2. The van der Waals surface area contributed by atoms with Gasteiger partial charge in [-0.15, -0.1) is 0 Å². The molecule has 0 aliphatic carbocycles. The molecule has 2 N–H and O–H groups in total. The van der Waals surface area contributed by atoms with Gasteiger partial charge < -0.3 is 14.8 Å². The number of hydrazone groups is 1. The van der Waals surface area contributed by atoms with Gasteiger partial charge in [-0.1, -0.05) is 24.3 Å². The summed E-state index contributed by atoms with van der Waals surface area (Å²) < 4.78 is 10.6. The number of nitrogens with one attached hydrogen (secondary N) is 2. The van der Waals surface area contributed by atoms with E-state index in [-0.39, 0.29) is 18.4 Å². The summed E-state index contributed by atoms with van der Waals surface area (Å²) in [5.41, 5.74) is 5.43. The van der Waals surface area contributed by atoms with E-state index in [0.717, 1.165) is 16.8 Å². The molecule has 7 heteroatoms. The molecule has 0 saturated carbocycles. The van der Waals surface area contributed by atoms with Gasteiger partial charge in [0.05, 0.1) is 13.3 Å². The summed E-state index contributed by atoms with van der Waals surface area (Å²) in [5, 5.41) is 6.78. The molecule has 0 spiro atoms. The van der Waals surface area contributed by atoms with Gasteiger partial charge in [0.25, 0.3) is 11.8 Å². The van der Waals surface area contributed by atoms with Crippen LogP contribution in [0.25, 0.3) is 0 Å². The van der Waals surface area contributed by atoms with E-state index >= 15 is 0 Å². The summed E-state index contributed by atoms with van der Waals surface area (Å²) >= 11 is 0. The van der Waals surface area contributed by atoms with Gasteiger partial charge in [-0.2, -0.15) is 5.10 Å². The van der Waals surface area contributed by atoms with Crippen LogP contribution in [0.1, 0.15) is 21.5 Å². The van der Waals surface area contributed by atoms with Crippen LogP contribution in [0.15, 0.2) is 77.9 Å². The highest BCUT2D eigenvalue weighted by Crippen LogP contribution is 2.15. The number of anilines is 1. The molecule has 158 valence electrons. The van der Waals surface area contributed by atoms with Crippen molar-refractivity contribution in [3.63, 3.8) is 0 Å². The minimum absolute atomic E-state index is 0.0988. The molecule has 3 aromatic carbocycles. The molecule has 3 aromatic rings. The zero-order valence-corrected chi connectivity index (χ0v) is 17.3. The van der Waals surface area contributed by atoms with Crippen LogP contribution in [0.3, 0.4) is 0 Å². The minimum Gasteiger partial charge on any atom is -0.497 e. The fourth-order valence-corrected chi connectivity index (χ4v) is 2.69. The second kappa shape index (κ2) is 10.6. The van der Waals surface area contributed by atoms with Crippen molar-refractivity contribution in [1.29, 1.82) is 0 Å². The third kappa shape index (κ3) is 6.43. The molecule has 0 bridgehead atoms. The minimum atomic E-state index is -0.338. The summed E-state index contributed by atoms with van der Waals surface area (Å²) in [7, 11) is 1.54. The molecule has 0 aliphatic heterocycles. The van der Waals surface area contributed by atoms with E-state index in [1.165, 1.54) is 6.21 Å². The molecule has 0 saturated heterocycles. The molecule has 3 rings (SSSR count). The van der Waals surface area contributed by atoms with Crippen molar-refractivity contribution < 1.29 is 19.1 Å². The Hall–Kier alpha value is -4.13. The van der Waals surface area contributed by atoms with Crippen LogP contribution in [0.5, 0.6) is 11.5 Å². The average molecular weight is 417 g/mol. The van der Waals surface area contributed by atoms with Crippen molar-refractivity contribution >= 4 is 23.7 Å². The van der Waals surface area contributed by atoms with Crippen LogP contribution in [0.2, 0.25) is 0 Å². The first-order chi connectivity index (χ1) is 15.0. The number of carbonyl (C=O) groups excluding carboxylic acids is 2. The smallest absolute Gasteiger partial charge is 0.271 e. The van der Waals surface area contributed by atoms with Crippen molar-refractivity contribution in [3.8, 4) is 11.5 Å². The highest BCUT2D eigenvalue weighted by molar-refractivity contribution is 5.95. The SMILES string of the molecule is COc1cccc(C(=O)N/N=C\c2ccc(OCC(=O)Nc3ccccc3C)cc2)c1. The lowest BCUT2D eigenvalue weighted by Crippen LogP contribution is -2.20. The number of benzene rings is 3. The molecule has 7 nitrogen and oxygen atoms in total. The maximum absolute atomic E-state index is 12.1. The fraction of sp³-hybridized carbons (Fsp3) is 0.125. The molecule has 0 heterocycles. The third-order valence-electron chi connectivity index (χ3n) is 4.38. The summed E-state index contributed by atoms with van der Waals surface area (Å²) in [5.74, 6) is 0.576. The zero-order chi connectivity index (χ0) is 22.1. The molecule has 0 radical (unpaired) electrons. The van der Waals surface area contributed by atoms with Gasteiger partial charge in [0, 0.05) is 11.3 Å². The molecule has 0 fully saturated rings. The Morgan fingerprint density at radius 2 is 1.74 bits per heavy atom. The summed E-state index contributed by atoms with van der Waals surface area (Å²) in [6, 6.07) is 21.3.